The van der Waals surface area contributed by atoms with Gasteiger partial charge in [-0.2, -0.15) is 11.8 Å². The van der Waals surface area contributed by atoms with Crippen LogP contribution in [0.2, 0.25) is 0 Å². The van der Waals surface area contributed by atoms with Crippen LogP contribution in [0.3, 0.4) is 0 Å². The van der Waals surface area contributed by atoms with Gasteiger partial charge in [0.1, 0.15) is 0 Å². The molecule has 0 bridgehead atoms. The van der Waals surface area contributed by atoms with Crippen LogP contribution in [0.25, 0.3) is 0 Å². The highest BCUT2D eigenvalue weighted by Gasteiger charge is 2.24. The Morgan fingerprint density at radius 2 is 2.04 bits per heavy atom. The van der Waals surface area contributed by atoms with Crippen LogP contribution in [-0.2, 0) is 11.3 Å². The Hall–Kier alpha value is -0.960. The number of rotatable bonds is 6. The summed E-state index contributed by atoms with van der Waals surface area (Å²) in [5, 5.41) is 7.59. The first-order valence-corrected chi connectivity index (χ1v) is 9.71. The molecule has 0 saturated heterocycles. The van der Waals surface area contributed by atoms with Crippen LogP contribution in [-0.4, -0.2) is 43.1 Å². The smallest absolute Gasteiger partial charge is 0.338 e. The summed E-state index contributed by atoms with van der Waals surface area (Å²) >= 11 is 1.95. The molecule has 5 nitrogen and oxygen atoms in total. The Balaban J connectivity index is 0.00000312. The predicted molar refractivity (Wildman–Crippen MR) is 116 cm³/mol. The van der Waals surface area contributed by atoms with Gasteiger partial charge in [0, 0.05) is 24.9 Å². The van der Waals surface area contributed by atoms with Crippen LogP contribution in [0.15, 0.2) is 29.3 Å². The van der Waals surface area contributed by atoms with E-state index in [1.165, 1.54) is 19.3 Å². The lowest BCUT2D eigenvalue weighted by Crippen LogP contribution is -2.42. The Kier molecular flexibility index (Phi) is 10.3. The number of carbonyl (C=O) groups excluding carboxylic acids is 1. The molecule has 2 atom stereocenters. The van der Waals surface area contributed by atoms with E-state index >= 15 is 0 Å². The Morgan fingerprint density at radius 3 is 2.60 bits per heavy atom. The van der Waals surface area contributed by atoms with Crippen molar-refractivity contribution in [3.8, 4) is 0 Å². The van der Waals surface area contributed by atoms with E-state index < -0.39 is 0 Å². The lowest BCUT2D eigenvalue weighted by molar-refractivity contribution is 0.0526. The molecule has 1 saturated carbocycles. The lowest BCUT2D eigenvalue weighted by Gasteiger charge is -2.17. The average molecular weight is 477 g/mol. The van der Waals surface area contributed by atoms with Crippen molar-refractivity contribution in [1.82, 2.24) is 10.6 Å². The number of nitrogens with zero attached hydrogens (tertiary/aromatic N) is 1. The summed E-state index contributed by atoms with van der Waals surface area (Å²) in [4.78, 5) is 15.9. The first-order chi connectivity index (χ1) is 11.7. The fraction of sp³-hybridized carbons (Fsp3) is 0.556. The van der Waals surface area contributed by atoms with E-state index in [2.05, 4.69) is 21.9 Å². The zero-order valence-corrected chi connectivity index (χ0v) is 18.2. The molecule has 0 aromatic heterocycles. The standard InChI is InChI=1S/C18H27N3O2S.HI/c1-4-23-17(22)14-7-5-13(6-8-14)12-20-18(19-2)21-15-9-10-16(11-15)24-3;/h5-8,15-16H,4,9-12H2,1-3H3,(H2,19,20,21);1H. The quantitative estimate of drug-likeness (QED) is 0.285. The molecule has 140 valence electrons. The molecular formula is C18H28IN3O2S. The summed E-state index contributed by atoms with van der Waals surface area (Å²) < 4.78 is 4.99. The molecule has 2 rings (SSSR count). The number of aliphatic imine (C=N–C) groups is 1. The lowest BCUT2D eigenvalue weighted by atomic mass is 10.1. The fourth-order valence-corrected chi connectivity index (χ4v) is 3.63. The molecule has 1 fully saturated rings. The molecule has 2 unspecified atom stereocenters. The maximum Gasteiger partial charge on any atom is 0.338 e. The molecule has 0 heterocycles. The van der Waals surface area contributed by atoms with E-state index in [-0.39, 0.29) is 29.9 Å². The zero-order valence-electron chi connectivity index (χ0n) is 15.1. The molecule has 25 heavy (non-hydrogen) atoms. The van der Waals surface area contributed by atoms with Gasteiger partial charge in [-0.1, -0.05) is 12.1 Å². The monoisotopic (exact) mass is 477 g/mol. The second-order valence-electron chi connectivity index (χ2n) is 5.86. The fourth-order valence-electron chi connectivity index (χ4n) is 2.83. The number of benzene rings is 1. The van der Waals surface area contributed by atoms with Crippen LogP contribution >= 0.6 is 35.7 Å². The summed E-state index contributed by atoms with van der Waals surface area (Å²) in [5.41, 5.74) is 1.68. The number of halogens is 1. The molecule has 0 spiro atoms. The van der Waals surface area contributed by atoms with Crippen LogP contribution < -0.4 is 10.6 Å². The number of hydrogen-bond donors (Lipinski definition) is 2. The number of guanidine groups is 1. The van der Waals surface area contributed by atoms with Crippen molar-refractivity contribution in [3.63, 3.8) is 0 Å². The Morgan fingerprint density at radius 1 is 1.32 bits per heavy atom. The first-order valence-electron chi connectivity index (χ1n) is 8.42. The summed E-state index contributed by atoms with van der Waals surface area (Å²) in [5.74, 6) is 0.551. The zero-order chi connectivity index (χ0) is 17.4. The van der Waals surface area contributed by atoms with Crippen molar-refractivity contribution in [1.29, 1.82) is 0 Å². The van der Waals surface area contributed by atoms with Crippen molar-refractivity contribution in [2.24, 2.45) is 4.99 Å². The van der Waals surface area contributed by atoms with E-state index in [0.717, 1.165) is 16.8 Å². The maximum absolute atomic E-state index is 11.6. The van der Waals surface area contributed by atoms with Crippen LogP contribution in [0.4, 0.5) is 0 Å². The Bertz CT molecular complexity index is 566. The number of ether oxygens (including phenoxy) is 1. The normalized spacial score (nSPS) is 19.9. The minimum atomic E-state index is -0.279. The number of thioether (sulfide) groups is 1. The summed E-state index contributed by atoms with van der Waals surface area (Å²) in [6.07, 6.45) is 5.84. The molecule has 2 N–H and O–H groups in total. The number of carbonyl (C=O) groups is 1. The second kappa shape index (κ2) is 11.6. The average Bonchev–Trinajstić information content (AvgIpc) is 3.07. The summed E-state index contributed by atoms with van der Waals surface area (Å²) in [7, 11) is 1.79. The van der Waals surface area contributed by atoms with E-state index in [0.29, 0.717) is 24.8 Å². The molecule has 1 aliphatic rings. The van der Waals surface area contributed by atoms with E-state index in [9.17, 15) is 4.79 Å². The number of hydrogen-bond acceptors (Lipinski definition) is 4. The van der Waals surface area contributed by atoms with Crippen LogP contribution in [0.5, 0.6) is 0 Å². The van der Waals surface area contributed by atoms with Crippen molar-refractivity contribution >= 4 is 47.7 Å². The van der Waals surface area contributed by atoms with Crippen molar-refractivity contribution in [3.05, 3.63) is 35.4 Å². The van der Waals surface area contributed by atoms with Crippen LogP contribution in [0.1, 0.15) is 42.1 Å². The minimum Gasteiger partial charge on any atom is -0.462 e. The minimum absolute atomic E-state index is 0. The van der Waals surface area contributed by atoms with Crippen molar-refractivity contribution < 1.29 is 9.53 Å². The van der Waals surface area contributed by atoms with E-state index in [4.69, 9.17) is 4.74 Å². The summed E-state index contributed by atoms with van der Waals surface area (Å²) in [6.45, 7) is 2.87. The number of esters is 1. The van der Waals surface area contributed by atoms with E-state index in [1.807, 2.05) is 23.9 Å². The molecule has 0 aliphatic heterocycles. The third-order valence-electron chi connectivity index (χ3n) is 4.21. The second-order valence-corrected chi connectivity index (χ2v) is 6.99. The highest BCUT2D eigenvalue weighted by molar-refractivity contribution is 14.0. The van der Waals surface area contributed by atoms with Gasteiger partial charge in [0.25, 0.3) is 0 Å². The van der Waals surface area contributed by atoms with Gasteiger partial charge in [0.2, 0.25) is 0 Å². The van der Waals surface area contributed by atoms with Gasteiger partial charge < -0.3 is 15.4 Å². The molecule has 1 aromatic rings. The highest BCUT2D eigenvalue weighted by atomic mass is 127. The van der Waals surface area contributed by atoms with Gasteiger partial charge in [-0.05, 0) is 50.1 Å². The predicted octanol–water partition coefficient (Wildman–Crippen LogP) is 3.43. The molecule has 1 aromatic carbocycles. The van der Waals surface area contributed by atoms with E-state index in [1.54, 1.807) is 26.1 Å². The first kappa shape index (κ1) is 22.1. The number of nitrogens with one attached hydrogen (secondary N) is 2. The third kappa shape index (κ3) is 7.05. The Labute approximate surface area is 171 Å². The van der Waals surface area contributed by atoms with Gasteiger partial charge in [-0.3, -0.25) is 4.99 Å². The highest BCUT2D eigenvalue weighted by Crippen LogP contribution is 2.27. The topological polar surface area (TPSA) is 62.7 Å². The molecular weight excluding hydrogens is 449 g/mol. The van der Waals surface area contributed by atoms with Crippen LogP contribution in [0, 0.1) is 0 Å². The van der Waals surface area contributed by atoms with Gasteiger partial charge in [0.05, 0.1) is 12.2 Å². The van der Waals surface area contributed by atoms with Gasteiger partial charge in [-0.15, -0.1) is 24.0 Å². The van der Waals surface area contributed by atoms with Crippen molar-refractivity contribution in [2.45, 2.75) is 44.0 Å². The molecule has 1 aliphatic carbocycles. The summed E-state index contributed by atoms with van der Waals surface area (Å²) in [6, 6.07) is 7.97. The van der Waals surface area contributed by atoms with Crippen molar-refractivity contribution in [2.75, 3.05) is 19.9 Å². The molecule has 7 heteroatoms. The SMILES string of the molecule is CCOC(=O)c1ccc(CNC(=NC)NC2CCC(SC)C2)cc1.I. The van der Waals surface area contributed by atoms with Gasteiger partial charge in [-0.25, -0.2) is 4.79 Å². The molecule has 0 amide bonds. The maximum atomic E-state index is 11.6. The third-order valence-corrected chi connectivity index (χ3v) is 5.30. The largest absolute Gasteiger partial charge is 0.462 e. The molecule has 0 radical (unpaired) electrons. The van der Waals surface area contributed by atoms with Gasteiger partial charge in [0.15, 0.2) is 5.96 Å². The van der Waals surface area contributed by atoms with Gasteiger partial charge >= 0.3 is 5.97 Å².